The number of thiophene rings is 1. The Balaban J connectivity index is 1.96. The number of nitrogens with one attached hydrogen (secondary N) is 1. The van der Waals surface area contributed by atoms with E-state index in [9.17, 15) is 4.79 Å². The molecule has 0 amide bonds. The average Bonchev–Trinajstić information content (AvgIpc) is 2.98. The Labute approximate surface area is 167 Å². The van der Waals surface area contributed by atoms with Gasteiger partial charge in [-0.25, -0.2) is 4.98 Å². The van der Waals surface area contributed by atoms with Gasteiger partial charge in [-0.1, -0.05) is 41.6 Å². The van der Waals surface area contributed by atoms with Gasteiger partial charge in [0.2, 0.25) is 0 Å². The fourth-order valence-corrected chi connectivity index (χ4v) is 5.68. The molecule has 3 aromatic rings. The number of likely N-dealkylation sites (N-methyl/N-ethyl adjacent to an activating group) is 1. The van der Waals surface area contributed by atoms with Gasteiger partial charge >= 0.3 is 0 Å². The summed E-state index contributed by atoms with van der Waals surface area (Å²) in [5, 5.41) is 1.57. The summed E-state index contributed by atoms with van der Waals surface area (Å²) in [4.78, 5) is 22.2. The molecular weight excluding hydrogens is 374 g/mol. The molecule has 4 nitrogen and oxygen atoms in total. The average molecular weight is 399 g/mol. The zero-order valence-electron chi connectivity index (χ0n) is 16.0. The normalized spacial score (nSPS) is 16.5. The van der Waals surface area contributed by atoms with Gasteiger partial charge in [0.1, 0.15) is 11.4 Å². The lowest BCUT2D eigenvalue weighted by atomic mass is 10.1. The van der Waals surface area contributed by atoms with Crippen molar-refractivity contribution < 1.29 is 4.90 Å². The molecule has 1 aliphatic heterocycles. The summed E-state index contributed by atoms with van der Waals surface area (Å²) < 4.78 is 1.79. The third-order valence-corrected chi connectivity index (χ3v) is 7.18. The van der Waals surface area contributed by atoms with E-state index in [0.717, 1.165) is 51.9 Å². The number of nitrogens with zero attached hydrogens (tertiary/aromatic N) is 2. The smallest absolute Gasteiger partial charge is 0.267 e. The zero-order valence-corrected chi connectivity index (χ0v) is 17.6. The maximum Gasteiger partial charge on any atom is 0.267 e. The molecule has 2 aromatic heterocycles. The highest BCUT2D eigenvalue weighted by molar-refractivity contribution is 7.99. The number of aromatic nitrogens is 2. The van der Waals surface area contributed by atoms with Gasteiger partial charge in [-0.05, 0) is 31.5 Å². The van der Waals surface area contributed by atoms with Crippen LogP contribution >= 0.6 is 23.1 Å². The largest absolute Gasteiger partial charge is 0.333 e. The van der Waals surface area contributed by atoms with Crippen molar-refractivity contribution in [1.29, 1.82) is 0 Å². The molecule has 0 bridgehead atoms. The molecule has 1 atom stereocenters. The Hall–Kier alpha value is -1.89. The Kier molecular flexibility index (Phi) is 4.97. The highest BCUT2D eigenvalue weighted by atomic mass is 32.2. The molecule has 1 aliphatic rings. The van der Waals surface area contributed by atoms with Crippen molar-refractivity contribution in [3.05, 3.63) is 62.8 Å². The predicted molar refractivity (Wildman–Crippen MR) is 115 cm³/mol. The molecule has 140 valence electrons. The molecule has 3 heterocycles. The molecule has 0 spiro atoms. The number of hydrogen-bond acceptors (Lipinski definition) is 4. The lowest BCUT2D eigenvalue weighted by Crippen LogP contribution is -3.08. The lowest BCUT2D eigenvalue weighted by Gasteiger charge is -2.19. The molecule has 27 heavy (non-hydrogen) atoms. The van der Waals surface area contributed by atoms with Crippen molar-refractivity contribution in [2.45, 2.75) is 32.0 Å². The number of aryl methyl sites for hydroxylation is 1. The summed E-state index contributed by atoms with van der Waals surface area (Å²) in [6.45, 7) is 10.1. The SMILES string of the molecule is C=C(C)CSc1nc2sc3c(c2c(=O)n1-c1ccc(C)cc1)CC[NH+](C)C3. The second kappa shape index (κ2) is 7.26. The van der Waals surface area contributed by atoms with E-state index >= 15 is 0 Å². The van der Waals surface area contributed by atoms with Crippen LogP contribution in [0.15, 0.2) is 46.4 Å². The van der Waals surface area contributed by atoms with Crippen LogP contribution in [0.5, 0.6) is 0 Å². The maximum absolute atomic E-state index is 13.6. The van der Waals surface area contributed by atoms with Crippen molar-refractivity contribution in [3.8, 4) is 5.69 Å². The molecule has 0 saturated carbocycles. The third kappa shape index (κ3) is 3.49. The molecule has 1 aromatic carbocycles. The molecule has 0 radical (unpaired) electrons. The fraction of sp³-hybridized carbons (Fsp3) is 0.333. The van der Waals surface area contributed by atoms with Crippen LogP contribution in [0.4, 0.5) is 0 Å². The van der Waals surface area contributed by atoms with E-state index in [1.165, 1.54) is 20.9 Å². The maximum atomic E-state index is 13.6. The summed E-state index contributed by atoms with van der Waals surface area (Å²) in [5.41, 5.74) is 4.40. The quantitative estimate of drug-likeness (QED) is 0.417. The van der Waals surface area contributed by atoms with Gasteiger partial charge in [0.05, 0.1) is 29.5 Å². The van der Waals surface area contributed by atoms with Crippen molar-refractivity contribution in [2.24, 2.45) is 0 Å². The standard InChI is InChI=1S/C21H23N3OS2/c1-13(2)12-26-21-22-19-18(16-9-10-23(4)11-17(16)27-19)20(25)24(21)15-7-5-14(3)6-8-15/h5-8H,1,9-12H2,2-4H3/p+1. The number of fused-ring (bicyclic) bond motifs is 3. The zero-order chi connectivity index (χ0) is 19.1. The van der Waals surface area contributed by atoms with Crippen LogP contribution in [0.2, 0.25) is 0 Å². The van der Waals surface area contributed by atoms with Crippen LogP contribution in [0, 0.1) is 6.92 Å². The molecule has 6 heteroatoms. The van der Waals surface area contributed by atoms with Gasteiger partial charge in [-0.15, -0.1) is 11.3 Å². The summed E-state index contributed by atoms with van der Waals surface area (Å²) in [6.07, 6.45) is 0.949. The first-order valence-corrected chi connectivity index (χ1v) is 11.0. The Morgan fingerprint density at radius 2 is 2.11 bits per heavy atom. The number of rotatable bonds is 4. The van der Waals surface area contributed by atoms with Crippen molar-refractivity contribution in [2.75, 3.05) is 19.3 Å². The second-order valence-corrected chi connectivity index (χ2v) is 9.46. The van der Waals surface area contributed by atoms with E-state index in [4.69, 9.17) is 4.98 Å². The number of thioether (sulfide) groups is 1. The van der Waals surface area contributed by atoms with E-state index in [-0.39, 0.29) is 5.56 Å². The van der Waals surface area contributed by atoms with Crippen LogP contribution in [0.25, 0.3) is 15.9 Å². The predicted octanol–water partition coefficient (Wildman–Crippen LogP) is 2.99. The highest BCUT2D eigenvalue weighted by Crippen LogP contribution is 2.32. The Morgan fingerprint density at radius 1 is 1.37 bits per heavy atom. The van der Waals surface area contributed by atoms with Crippen LogP contribution in [-0.4, -0.2) is 28.9 Å². The van der Waals surface area contributed by atoms with Gasteiger partial charge in [0, 0.05) is 12.2 Å². The Bertz CT molecular complexity index is 1080. The fourth-order valence-electron chi connectivity index (χ4n) is 3.45. The minimum Gasteiger partial charge on any atom is -0.333 e. The molecule has 1 N–H and O–H groups in total. The highest BCUT2D eigenvalue weighted by Gasteiger charge is 2.26. The van der Waals surface area contributed by atoms with E-state index in [1.54, 1.807) is 27.7 Å². The molecule has 0 saturated heterocycles. The van der Waals surface area contributed by atoms with E-state index in [0.29, 0.717) is 0 Å². The molecule has 0 aliphatic carbocycles. The number of quaternary nitrogens is 1. The summed E-state index contributed by atoms with van der Waals surface area (Å²) >= 11 is 3.27. The monoisotopic (exact) mass is 398 g/mol. The first kappa shape index (κ1) is 18.5. The van der Waals surface area contributed by atoms with E-state index < -0.39 is 0 Å². The topological polar surface area (TPSA) is 39.3 Å². The second-order valence-electron chi connectivity index (χ2n) is 7.43. The molecule has 0 fully saturated rings. The van der Waals surface area contributed by atoms with Gasteiger partial charge in [0.25, 0.3) is 5.56 Å². The van der Waals surface area contributed by atoms with Gasteiger partial charge in [-0.3, -0.25) is 9.36 Å². The van der Waals surface area contributed by atoms with Crippen molar-refractivity contribution >= 4 is 33.3 Å². The molecule has 1 unspecified atom stereocenters. The third-order valence-electron chi connectivity index (χ3n) is 4.88. The Morgan fingerprint density at radius 3 is 2.81 bits per heavy atom. The van der Waals surface area contributed by atoms with Crippen LogP contribution in [0.1, 0.15) is 22.9 Å². The first-order chi connectivity index (χ1) is 12.9. The van der Waals surface area contributed by atoms with Gasteiger partial charge < -0.3 is 4.90 Å². The van der Waals surface area contributed by atoms with E-state index in [2.05, 4.69) is 20.6 Å². The molecular formula is C21H24N3OS2+. The number of hydrogen-bond donors (Lipinski definition) is 1. The van der Waals surface area contributed by atoms with Crippen molar-refractivity contribution in [1.82, 2.24) is 9.55 Å². The van der Waals surface area contributed by atoms with Gasteiger partial charge in [0.15, 0.2) is 5.16 Å². The van der Waals surface area contributed by atoms with E-state index in [1.807, 2.05) is 31.2 Å². The van der Waals surface area contributed by atoms with Crippen molar-refractivity contribution in [3.63, 3.8) is 0 Å². The lowest BCUT2D eigenvalue weighted by molar-refractivity contribution is -0.895. The summed E-state index contributed by atoms with van der Waals surface area (Å²) in [5.74, 6) is 0.752. The first-order valence-electron chi connectivity index (χ1n) is 9.17. The van der Waals surface area contributed by atoms with Crippen LogP contribution < -0.4 is 10.5 Å². The van der Waals surface area contributed by atoms with Gasteiger partial charge in [-0.2, -0.15) is 0 Å². The van der Waals surface area contributed by atoms with Crippen LogP contribution in [-0.2, 0) is 13.0 Å². The number of benzene rings is 1. The van der Waals surface area contributed by atoms with Crippen LogP contribution in [0.3, 0.4) is 0 Å². The minimum atomic E-state index is 0.0603. The summed E-state index contributed by atoms with van der Waals surface area (Å²) in [6, 6.07) is 8.10. The minimum absolute atomic E-state index is 0.0603. The molecule has 4 rings (SSSR count). The summed E-state index contributed by atoms with van der Waals surface area (Å²) in [7, 11) is 2.21.